The summed E-state index contributed by atoms with van der Waals surface area (Å²) < 4.78 is 0. The van der Waals surface area contributed by atoms with Crippen molar-refractivity contribution in [2.24, 2.45) is 5.92 Å². The van der Waals surface area contributed by atoms with Gasteiger partial charge in [-0.1, -0.05) is 45.4 Å². The van der Waals surface area contributed by atoms with E-state index in [9.17, 15) is 0 Å². The van der Waals surface area contributed by atoms with Gasteiger partial charge in [-0.05, 0) is 31.6 Å². The molecule has 1 heteroatoms. The van der Waals surface area contributed by atoms with Gasteiger partial charge in [0.2, 0.25) is 0 Å². The number of hydrogen-bond donors (Lipinski definition) is 1. The molecule has 2 saturated carbocycles. The van der Waals surface area contributed by atoms with Crippen molar-refractivity contribution >= 4 is 0 Å². The zero-order valence-electron chi connectivity index (χ0n) is 10.3. The minimum absolute atomic E-state index is 0.820. The van der Waals surface area contributed by atoms with E-state index < -0.39 is 0 Å². The van der Waals surface area contributed by atoms with Crippen molar-refractivity contribution in [3.05, 3.63) is 0 Å². The summed E-state index contributed by atoms with van der Waals surface area (Å²) in [6.45, 7) is 2.34. The molecule has 0 aromatic heterocycles. The lowest BCUT2D eigenvalue weighted by Gasteiger charge is -2.24. The van der Waals surface area contributed by atoms with Crippen LogP contribution in [0.25, 0.3) is 0 Å². The summed E-state index contributed by atoms with van der Waals surface area (Å²) >= 11 is 0. The Bertz CT molecular complexity index is 166. The van der Waals surface area contributed by atoms with Crippen LogP contribution >= 0.6 is 0 Å². The van der Waals surface area contributed by atoms with Crippen molar-refractivity contribution in [2.75, 3.05) is 0 Å². The zero-order valence-corrected chi connectivity index (χ0v) is 10.3. The predicted octanol–water partition coefficient (Wildman–Crippen LogP) is 3.88. The van der Waals surface area contributed by atoms with E-state index in [1.807, 2.05) is 0 Å². The first kappa shape index (κ1) is 11.4. The molecule has 0 aromatic rings. The fraction of sp³-hybridized carbons (Fsp3) is 1.00. The third-order valence-electron chi connectivity index (χ3n) is 4.13. The molecule has 0 saturated heterocycles. The summed E-state index contributed by atoms with van der Waals surface area (Å²) in [7, 11) is 0. The summed E-state index contributed by atoms with van der Waals surface area (Å²) in [5.74, 6) is 1.08. The van der Waals surface area contributed by atoms with Crippen LogP contribution in [-0.4, -0.2) is 12.1 Å². The molecular weight excluding hydrogens is 182 g/mol. The van der Waals surface area contributed by atoms with E-state index in [2.05, 4.69) is 12.2 Å². The van der Waals surface area contributed by atoms with Crippen molar-refractivity contribution in [1.29, 1.82) is 0 Å². The fourth-order valence-corrected chi connectivity index (χ4v) is 2.89. The second-order valence-corrected chi connectivity index (χ2v) is 5.64. The van der Waals surface area contributed by atoms with Gasteiger partial charge in [0.05, 0.1) is 0 Å². The lowest BCUT2D eigenvalue weighted by molar-refractivity contribution is 0.360. The van der Waals surface area contributed by atoms with Gasteiger partial charge < -0.3 is 5.32 Å². The molecule has 0 radical (unpaired) electrons. The molecule has 0 heterocycles. The van der Waals surface area contributed by atoms with Gasteiger partial charge in [0.25, 0.3) is 0 Å². The van der Waals surface area contributed by atoms with Gasteiger partial charge in [-0.2, -0.15) is 0 Å². The Kier molecular flexibility index (Phi) is 4.49. The number of nitrogens with one attached hydrogen (secondary N) is 1. The first-order valence-corrected chi connectivity index (χ1v) is 7.14. The van der Waals surface area contributed by atoms with Gasteiger partial charge >= 0.3 is 0 Å². The average Bonchev–Trinajstić information content (AvgIpc) is 3.04. The zero-order chi connectivity index (χ0) is 10.5. The van der Waals surface area contributed by atoms with Crippen LogP contribution in [0.3, 0.4) is 0 Å². The Morgan fingerprint density at radius 2 is 1.67 bits per heavy atom. The molecule has 88 valence electrons. The maximum atomic E-state index is 3.92. The van der Waals surface area contributed by atoms with Crippen LogP contribution in [-0.2, 0) is 0 Å². The molecule has 0 bridgehead atoms. The van der Waals surface area contributed by atoms with Crippen LogP contribution in [0.1, 0.15) is 71.1 Å². The molecule has 2 aliphatic carbocycles. The highest BCUT2D eigenvalue weighted by atomic mass is 14.9. The van der Waals surface area contributed by atoms with Crippen molar-refractivity contribution in [1.82, 2.24) is 5.32 Å². The van der Waals surface area contributed by atoms with Crippen LogP contribution < -0.4 is 5.32 Å². The highest BCUT2D eigenvalue weighted by Crippen LogP contribution is 2.34. The minimum atomic E-state index is 0.820. The maximum absolute atomic E-state index is 3.92. The molecule has 1 nitrogen and oxygen atoms in total. The van der Waals surface area contributed by atoms with Crippen molar-refractivity contribution in [2.45, 2.75) is 83.2 Å². The van der Waals surface area contributed by atoms with E-state index in [1.54, 1.807) is 0 Å². The van der Waals surface area contributed by atoms with E-state index in [1.165, 1.54) is 64.2 Å². The second-order valence-electron chi connectivity index (χ2n) is 5.64. The molecule has 15 heavy (non-hydrogen) atoms. The summed E-state index contributed by atoms with van der Waals surface area (Å²) in [5, 5.41) is 3.92. The summed E-state index contributed by atoms with van der Waals surface area (Å²) in [6, 6.07) is 1.66. The van der Waals surface area contributed by atoms with Crippen LogP contribution in [0, 0.1) is 5.92 Å². The van der Waals surface area contributed by atoms with Crippen molar-refractivity contribution < 1.29 is 0 Å². The number of rotatable bonds is 5. The highest BCUT2D eigenvalue weighted by molar-refractivity contribution is 4.82. The van der Waals surface area contributed by atoms with Gasteiger partial charge in [0.1, 0.15) is 0 Å². The summed E-state index contributed by atoms with van der Waals surface area (Å²) in [6.07, 6.45) is 14.5. The minimum Gasteiger partial charge on any atom is -0.311 e. The largest absolute Gasteiger partial charge is 0.311 e. The first-order chi connectivity index (χ1) is 7.38. The first-order valence-electron chi connectivity index (χ1n) is 7.14. The molecule has 1 unspecified atom stereocenters. The molecule has 2 rings (SSSR count). The van der Waals surface area contributed by atoms with Crippen molar-refractivity contribution in [3.63, 3.8) is 0 Å². The van der Waals surface area contributed by atoms with Gasteiger partial charge in [0.15, 0.2) is 0 Å². The van der Waals surface area contributed by atoms with Crippen LogP contribution in [0.15, 0.2) is 0 Å². The Morgan fingerprint density at radius 3 is 2.20 bits per heavy atom. The standard InChI is InChI=1S/C14H27N/c1-2-13(11-12-9-10-12)15-14-7-5-3-4-6-8-14/h12-15H,2-11H2,1H3. The fourth-order valence-electron chi connectivity index (χ4n) is 2.89. The van der Waals surface area contributed by atoms with Crippen LogP contribution in [0.2, 0.25) is 0 Å². The van der Waals surface area contributed by atoms with E-state index >= 15 is 0 Å². The average molecular weight is 209 g/mol. The van der Waals surface area contributed by atoms with E-state index in [-0.39, 0.29) is 0 Å². The smallest absolute Gasteiger partial charge is 0.00696 e. The Balaban J connectivity index is 1.70. The Labute approximate surface area is 95.0 Å². The van der Waals surface area contributed by atoms with E-state index in [0.29, 0.717) is 0 Å². The molecule has 1 N–H and O–H groups in total. The third kappa shape index (κ3) is 4.14. The monoisotopic (exact) mass is 209 g/mol. The topological polar surface area (TPSA) is 12.0 Å². The van der Waals surface area contributed by atoms with Gasteiger partial charge in [-0.15, -0.1) is 0 Å². The van der Waals surface area contributed by atoms with Gasteiger partial charge in [-0.25, -0.2) is 0 Å². The van der Waals surface area contributed by atoms with Gasteiger partial charge in [0, 0.05) is 12.1 Å². The third-order valence-corrected chi connectivity index (χ3v) is 4.13. The highest BCUT2D eigenvalue weighted by Gasteiger charge is 2.25. The molecular formula is C14H27N. The van der Waals surface area contributed by atoms with Crippen LogP contribution in [0.5, 0.6) is 0 Å². The number of hydrogen-bond acceptors (Lipinski definition) is 1. The summed E-state index contributed by atoms with van der Waals surface area (Å²) in [5.41, 5.74) is 0. The maximum Gasteiger partial charge on any atom is 0.00696 e. The van der Waals surface area contributed by atoms with E-state index in [4.69, 9.17) is 0 Å². The molecule has 2 fully saturated rings. The lowest BCUT2D eigenvalue weighted by Crippen LogP contribution is -2.38. The summed E-state index contributed by atoms with van der Waals surface area (Å²) in [4.78, 5) is 0. The molecule has 0 aromatic carbocycles. The molecule has 2 aliphatic rings. The van der Waals surface area contributed by atoms with Gasteiger partial charge in [-0.3, -0.25) is 0 Å². The normalized spacial score (nSPS) is 26.2. The Hall–Kier alpha value is -0.0400. The van der Waals surface area contributed by atoms with E-state index in [0.717, 1.165) is 18.0 Å². The Morgan fingerprint density at radius 1 is 1.00 bits per heavy atom. The molecule has 0 amide bonds. The molecule has 1 atom stereocenters. The predicted molar refractivity (Wildman–Crippen MR) is 66.0 cm³/mol. The second kappa shape index (κ2) is 5.89. The quantitative estimate of drug-likeness (QED) is 0.678. The van der Waals surface area contributed by atoms with Crippen LogP contribution in [0.4, 0.5) is 0 Å². The SMILES string of the molecule is CCC(CC1CC1)NC1CCCCCC1. The molecule has 0 aliphatic heterocycles. The molecule has 0 spiro atoms. The lowest BCUT2D eigenvalue weighted by atomic mass is 10.0. The van der Waals surface area contributed by atoms with Crippen molar-refractivity contribution in [3.8, 4) is 0 Å².